The number of aliphatic carboxylic acids is 1. The van der Waals surface area contributed by atoms with Crippen molar-refractivity contribution in [1.82, 2.24) is 4.90 Å². The topological polar surface area (TPSA) is 87.0 Å². The fourth-order valence-electron chi connectivity index (χ4n) is 1.44. The van der Waals surface area contributed by atoms with Crippen molar-refractivity contribution in [1.29, 1.82) is 0 Å². The van der Waals surface area contributed by atoms with Crippen LogP contribution in [0, 0.1) is 5.92 Å². The Bertz CT molecular complexity index is 373. The van der Waals surface area contributed by atoms with Gasteiger partial charge in [0.15, 0.2) is 0 Å². The summed E-state index contributed by atoms with van der Waals surface area (Å²) in [6, 6.07) is -0.803. The van der Waals surface area contributed by atoms with Crippen molar-refractivity contribution in [2.24, 2.45) is 10.9 Å². The molecule has 0 bridgehead atoms. The smallest absolute Gasteiger partial charge is 0.359 e. The Balaban J connectivity index is 3.04. The van der Waals surface area contributed by atoms with Crippen LogP contribution in [0.25, 0.3) is 0 Å². The van der Waals surface area contributed by atoms with Gasteiger partial charge in [-0.1, -0.05) is 13.8 Å². The lowest BCUT2D eigenvalue weighted by atomic mass is 10.1. The van der Waals surface area contributed by atoms with E-state index in [-0.39, 0.29) is 12.5 Å². The number of carboxylic acid groups (broad SMARTS) is 1. The summed E-state index contributed by atoms with van der Waals surface area (Å²) in [4.78, 5) is 38.6. The van der Waals surface area contributed by atoms with E-state index >= 15 is 0 Å². The molecule has 1 heterocycles. The zero-order valence-corrected chi connectivity index (χ0v) is 9.43. The highest BCUT2D eigenvalue weighted by atomic mass is 16.4. The molecule has 1 aliphatic rings. The average molecular weight is 226 g/mol. The van der Waals surface area contributed by atoms with Gasteiger partial charge in [-0.3, -0.25) is 19.5 Å². The first-order chi connectivity index (χ1) is 7.34. The third kappa shape index (κ3) is 2.26. The van der Waals surface area contributed by atoms with Gasteiger partial charge in [-0.2, -0.15) is 0 Å². The summed E-state index contributed by atoms with van der Waals surface area (Å²) in [7, 11) is 0. The Morgan fingerprint density at radius 2 is 2.06 bits per heavy atom. The van der Waals surface area contributed by atoms with Crippen LogP contribution in [0.3, 0.4) is 0 Å². The van der Waals surface area contributed by atoms with Crippen LogP contribution in [0.4, 0.5) is 0 Å². The van der Waals surface area contributed by atoms with Gasteiger partial charge in [0.25, 0.3) is 11.8 Å². The largest absolute Gasteiger partial charge is 0.476 e. The Kier molecular flexibility index (Phi) is 3.41. The van der Waals surface area contributed by atoms with Crippen LogP contribution in [0.1, 0.15) is 20.8 Å². The fourth-order valence-corrected chi connectivity index (χ4v) is 1.44. The molecular weight excluding hydrogens is 212 g/mol. The molecule has 1 rings (SSSR count). The van der Waals surface area contributed by atoms with Crippen molar-refractivity contribution in [3.8, 4) is 0 Å². The summed E-state index contributed by atoms with van der Waals surface area (Å²) in [5.41, 5.74) is -0.562. The van der Waals surface area contributed by atoms with Crippen molar-refractivity contribution in [2.75, 3.05) is 6.54 Å². The molecule has 1 atom stereocenters. The first kappa shape index (κ1) is 12.4. The highest BCUT2D eigenvalue weighted by Gasteiger charge is 2.37. The van der Waals surface area contributed by atoms with E-state index in [1.165, 1.54) is 6.92 Å². The fraction of sp³-hybridized carbons (Fsp3) is 0.600. The summed E-state index contributed by atoms with van der Waals surface area (Å²) in [5, 5.41) is 8.78. The molecule has 0 aromatic heterocycles. The molecule has 0 aliphatic carbocycles. The van der Waals surface area contributed by atoms with Crippen molar-refractivity contribution in [3.63, 3.8) is 0 Å². The van der Waals surface area contributed by atoms with Gasteiger partial charge < -0.3 is 5.11 Å². The Labute approximate surface area is 93.0 Å². The molecule has 0 saturated carbocycles. The molecule has 1 unspecified atom stereocenters. The van der Waals surface area contributed by atoms with Crippen LogP contribution in [0.2, 0.25) is 0 Å². The normalized spacial score (nSPS) is 21.4. The monoisotopic (exact) mass is 226 g/mol. The molecule has 0 fully saturated rings. The van der Waals surface area contributed by atoms with E-state index in [0.717, 1.165) is 4.90 Å². The molecule has 0 spiro atoms. The van der Waals surface area contributed by atoms with Gasteiger partial charge in [-0.15, -0.1) is 0 Å². The first-order valence-corrected chi connectivity index (χ1v) is 5.01. The summed E-state index contributed by atoms with van der Waals surface area (Å²) >= 11 is 0. The van der Waals surface area contributed by atoms with Crippen LogP contribution in [0.5, 0.6) is 0 Å². The van der Waals surface area contributed by atoms with E-state index in [9.17, 15) is 14.4 Å². The number of rotatable bonds is 3. The van der Waals surface area contributed by atoms with Crippen LogP contribution < -0.4 is 0 Å². The van der Waals surface area contributed by atoms with E-state index in [1.54, 1.807) is 0 Å². The van der Waals surface area contributed by atoms with Gasteiger partial charge in [0.05, 0.1) is 0 Å². The number of aliphatic imine (C=N–C) groups is 1. The minimum atomic E-state index is -1.39. The predicted molar refractivity (Wildman–Crippen MR) is 56.1 cm³/mol. The molecule has 0 aromatic rings. The first-order valence-electron chi connectivity index (χ1n) is 5.01. The molecule has 0 aromatic carbocycles. The zero-order valence-electron chi connectivity index (χ0n) is 9.43. The standard InChI is InChI=1S/C10H14N2O4/c1-5(2)4-12-8(13)6(3)11-7(9(12)14)10(15)16/h5-6H,4H2,1-3H3,(H,15,16). The summed E-state index contributed by atoms with van der Waals surface area (Å²) in [6.07, 6.45) is 0. The maximum Gasteiger partial charge on any atom is 0.359 e. The molecule has 0 radical (unpaired) electrons. The van der Waals surface area contributed by atoms with Gasteiger partial charge in [0, 0.05) is 6.54 Å². The third-order valence-electron chi connectivity index (χ3n) is 2.14. The Morgan fingerprint density at radius 3 is 2.50 bits per heavy atom. The number of hydrogen-bond donors (Lipinski definition) is 1. The molecule has 1 aliphatic heterocycles. The van der Waals surface area contributed by atoms with Crippen LogP contribution in [0.15, 0.2) is 4.99 Å². The number of carbonyl (C=O) groups excluding carboxylic acids is 2. The lowest BCUT2D eigenvalue weighted by Crippen LogP contribution is -2.52. The number of nitrogens with zero attached hydrogens (tertiary/aromatic N) is 2. The summed E-state index contributed by atoms with van der Waals surface area (Å²) < 4.78 is 0. The lowest BCUT2D eigenvalue weighted by Gasteiger charge is -2.27. The van der Waals surface area contributed by atoms with Gasteiger partial charge in [0.1, 0.15) is 6.04 Å². The molecule has 6 nitrogen and oxygen atoms in total. The Morgan fingerprint density at radius 1 is 1.50 bits per heavy atom. The van der Waals surface area contributed by atoms with Crippen LogP contribution >= 0.6 is 0 Å². The van der Waals surface area contributed by atoms with Crippen LogP contribution in [-0.2, 0) is 14.4 Å². The number of carboxylic acids is 1. The summed E-state index contributed by atoms with van der Waals surface area (Å²) in [5.74, 6) is -2.56. The molecule has 1 N–H and O–H groups in total. The Hall–Kier alpha value is -1.72. The maximum atomic E-state index is 11.7. The molecule has 6 heteroatoms. The maximum absolute atomic E-state index is 11.7. The van der Waals surface area contributed by atoms with E-state index in [0.29, 0.717) is 0 Å². The second kappa shape index (κ2) is 4.42. The van der Waals surface area contributed by atoms with E-state index < -0.39 is 29.5 Å². The van der Waals surface area contributed by atoms with Crippen molar-refractivity contribution < 1.29 is 19.5 Å². The molecule has 0 saturated heterocycles. The van der Waals surface area contributed by atoms with Crippen LogP contribution in [-0.4, -0.2) is 46.1 Å². The number of carbonyl (C=O) groups is 3. The molecule has 16 heavy (non-hydrogen) atoms. The van der Waals surface area contributed by atoms with Crippen molar-refractivity contribution in [2.45, 2.75) is 26.8 Å². The van der Waals surface area contributed by atoms with Crippen molar-refractivity contribution >= 4 is 23.5 Å². The molecular formula is C10H14N2O4. The van der Waals surface area contributed by atoms with E-state index in [4.69, 9.17) is 5.11 Å². The number of hydrogen-bond acceptors (Lipinski definition) is 4. The van der Waals surface area contributed by atoms with Gasteiger partial charge in [-0.05, 0) is 12.8 Å². The second-order valence-corrected chi connectivity index (χ2v) is 4.11. The minimum absolute atomic E-state index is 0.0910. The zero-order chi connectivity index (χ0) is 12.5. The number of imide groups is 1. The van der Waals surface area contributed by atoms with E-state index in [2.05, 4.69) is 4.99 Å². The van der Waals surface area contributed by atoms with Gasteiger partial charge >= 0.3 is 5.97 Å². The number of amides is 2. The molecule has 2 amide bonds. The highest BCUT2D eigenvalue weighted by molar-refractivity contribution is 6.65. The second-order valence-electron chi connectivity index (χ2n) is 4.11. The summed E-state index contributed by atoms with van der Waals surface area (Å²) in [6.45, 7) is 5.38. The highest BCUT2D eigenvalue weighted by Crippen LogP contribution is 2.11. The lowest BCUT2D eigenvalue weighted by molar-refractivity contribution is -0.144. The average Bonchev–Trinajstić information content (AvgIpc) is 2.17. The van der Waals surface area contributed by atoms with E-state index in [1.807, 2.05) is 13.8 Å². The van der Waals surface area contributed by atoms with Gasteiger partial charge in [0.2, 0.25) is 5.71 Å². The predicted octanol–water partition coefficient (Wildman–Crippen LogP) is -0.0747. The minimum Gasteiger partial charge on any atom is -0.476 e. The molecule has 88 valence electrons. The van der Waals surface area contributed by atoms with Crippen molar-refractivity contribution in [3.05, 3.63) is 0 Å². The SMILES string of the molecule is CC(C)CN1C(=O)C(C(=O)O)=NC(C)C1=O. The quantitative estimate of drug-likeness (QED) is 0.682. The third-order valence-corrected chi connectivity index (χ3v) is 2.14. The van der Waals surface area contributed by atoms with Gasteiger partial charge in [-0.25, -0.2) is 4.79 Å².